The van der Waals surface area contributed by atoms with Gasteiger partial charge in [0.05, 0.1) is 0 Å². The Labute approximate surface area is 142 Å². The number of benzene rings is 1. The van der Waals surface area contributed by atoms with Crippen LogP contribution < -0.4 is 0 Å². The van der Waals surface area contributed by atoms with Gasteiger partial charge in [-0.05, 0) is 48.3 Å². The average molecular weight is 361 g/mol. The molecule has 3 heteroatoms. The molecule has 1 aromatic carbocycles. The van der Waals surface area contributed by atoms with Gasteiger partial charge in [-0.2, -0.15) is 0 Å². The van der Waals surface area contributed by atoms with Crippen molar-refractivity contribution in [2.75, 3.05) is 32.7 Å². The van der Waals surface area contributed by atoms with E-state index in [0.29, 0.717) is 0 Å². The molecule has 0 spiro atoms. The van der Waals surface area contributed by atoms with Gasteiger partial charge in [0.2, 0.25) is 0 Å². The summed E-state index contributed by atoms with van der Waals surface area (Å²) in [6.45, 7) is 7.34. The maximum absolute atomic E-state index is 3.51. The Hall–Kier alpha value is -0.640. The molecule has 1 aliphatic heterocycles. The topological polar surface area (TPSA) is 6.48 Å². The summed E-state index contributed by atoms with van der Waals surface area (Å²) in [6.07, 6.45) is 7.83. The van der Waals surface area contributed by atoms with E-state index in [2.05, 4.69) is 62.1 Å². The van der Waals surface area contributed by atoms with E-state index in [1.54, 1.807) is 0 Å². The molecule has 1 saturated carbocycles. The molecule has 1 heterocycles. The molecule has 2 aliphatic carbocycles. The molecule has 3 atom stereocenters. The van der Waals surface area contributed by atoms with Crippen molar-refractivity contribution in [2.24, 2.45) is 17.8 Å². The molecule has 2 fully saturated rings. The van der Waals surface area contributed by atoms with Gasteiger partial charge >= 0.3 is 0 Å². The van der Waals surface area contributed by atoms with Crippen LogP contribution in [0.3, 0.4) is 0 Å². The molecule has 3 aliphatic rings. The van der Waals surface area contributed by atoms with Crippen LogP contribution in [0.4, 0.5) is 0 Å². The van der Waals surface area contributed by atoms with Crippen LogP contribution in [-0.2, 0) is 6.54 Å². The highest BCUT2D eigenvalue weighted by molar-refractivity contribution is 9.10. The fourth-order valence-electron chi connectivity index (χ4n) is 4.41. The summed E-state index contributed by atoms with van der Waals surface area (Å²) in [4.78, 5) is 5.30. The van der Waals surface area contributed by atoms with Gasteiger partial charge in [0.1, 0.15) is 0 Å². The molecule has 22 heavy (non-hydrogen) atoms. The Kier molecular flexibility index (Phi) is 4.38. The standard InChI is InChI=1S/C19H25BrN2/c20-19-5-2-15(3-6-19)13-21-7-9-22(10-8-21)14-18-12-16-1-4-17(18)11-16/h1-6,16-18H,7-14H2/t16-,17-,18-/m1/s1. The smallest absolute Gasteiger partial charge is 0.0234 e. The van der Waals surface area contributed by atoms with E-state index in [1.165, 1.54) is 55.6 Å². The number of halogens is 1. The number of nitrogens with zero attached hydrogens (tertiary/aromatic N) is 2. The summed E-state index contributed by atoms with van der Waals surface area (Å²) in [7, 11) is 0. The monoisotopic (exact) mass is 360 g/mol. The van der Waals surface area contributed by atoms with Crippen LogP contribution in [0.1, 0.15) is 18.4 Å². The van der Waals surface area contributed by atoms with Crippen molar-refractivity contribution >= 4 is 15.9 Å². The Morgan fingerprint density at radius 2 is 1.64 bits per heavy atom. The minimum absolute atomic E-state index is 0.894. The highest BCUT2D eigenvalue weighted by Crippen LogP contribution is 2.43. The van der Waals surface area contributed by atoms with E-state index < -0.39 is 0 Å². The molecule has 0 unspecified atom stereocenters. The van der Waals surface area contributed by atoms with Crippen molar-refractivity contribution in [1.29, 1.82) is 0 Å². The predicted octanol–water partition coefficient (Wildman–Crippen LogP) is 3.78. The lowest BCUT2D eigenvalue weighted by Gasteiger charge is -2.37. The molecular weight excluding hydrogens is 336 g/mol. The Morgan fingerprint density at radius 3 is 2.27 bits per heavy atom. The summed E-state index contributed by atoms with van der Waals surface area (Å²) in [5, 5.41) is 0. The first-order valence-corrected chi connectivity index (χ1v) is 9.43. The zero-order chi connectivity index (χ0) is 14.9. The lowest BCUT2D eigenvalue weighted by atomic mass is 9.93. The summed E-state index contributed by atoms with van der Waals surface area (Å²) in [6, 6.07) is 8.76. The first-order valence-electron chi connectivity index (χ1n) is 8.64. The van der Waals surface area contributed by atoms with Crippen molar-refractivity contribution in [3.8, 4) is 0 Å². The zero-order valence-corrected chi connectivity index (χ0v) is 14.7. The quantitative estimate of drug-likeness (QED) is 0.753. The number of rotatable bonds is 4. The van der Waals surface area contributed by atoms with Crippen LogP contribution in [0.5, 0.6) is 0 Å². The Morgan fingerprint density at radius 1 is 0.909 bits per heavy atom. The van der Waals surface area contributed by atoms with E-state index in [-0.39, 0.29) is 0 Å². The van der Waals surface area contributed by atoms with Crippen LogP contribution in [0.2, 0.25) is 0 Å². The third-order valence-electron chi connectivity index (χ3n) is 5.69. The summed E-state index contributed by atoms with van der Waals surface area (Å²) < 4.78 is 1.17. The minimum atomic E-state index is 0.894. The van der Waals surface area contributed by atoms with Gasteiger partial charge in [0, 0.05) is 43.7 Å². The van der Waals surface area contributed by atoms with Gasteiger partial charge in [-0.3, -0.25) is 4.90 Å². The van der Waals surface area contributed by atoms with Crippen LogP contribution in [0.25, 0.3) is 0 Å². The SMILES string of the molecule is Brc1ccc(CN2CCN(C[C@H]3C[C@@H]4C=C[C@@H]3C4)CC2)cc1. The Bertz CT molecular complexity index is 531. The fraction of sp³-hybridized carbons (Fsp3) is 0.579. The second-order valence-electron chi connectivity index (χ2n) is 7.24. The van der Waals surface area contributed by atoms with Crippen molar-refractivity contribution in [3.63, 3.8) is 0 Å². The molecule has 0 radical (unpaired) electrons. The van der Waals surface area contributed by atoms with Crippen LogP contribution in [0.15, 0.2) is 40.9 Å². The summed E-state index contributed by atoms with van der Waals surface area (Å²) >= 11 is 3.51. The normalized spacial score (nSPS) is 32.0. The molecule has 2 nitrogen and oxygen atoms in total. The number of hydrogen-bond donors (Lipinski definition) is 0. The number of hydrogen-bond acceptors (Lipinski definition) is 2. The van der Waals surface area contributed by atoms with Gasteiger partial charge in [-0.15, -0.1) is 0 Å². The van der Waals surface area contributed by atoms with Crippen LogP contribution >= 0.6 is 15.9 Å². The molecular formula is C19H25BrN2. The van der Waals surface area contributed by atoms with Gasteiger partial charge in [-0.1, -0.05) is 40.2 Å². The van der Waals surface area contributed by atoms with Crippen molar-refractivity contribution in [2.45, 2.75) is 19.4 Å². The van der Waals surface area contributed by atoms with E-state index >= 15 is 0 Å². The molecule has 118 valence electrons. The molecule has 4 rings (SSSR count). The number of piperazine rings is 1. The van der Waals surface area contributed by atoms with Crippen molar-refractivity contribution < 1.29 is 0 Å². The Balaban J connectivity index is 1.24. The zero-order valence-electron chi connectivity index (χ0n) is 13.1. The first-order chi connectivity index (χ1) is 10.8. The molecule has 1 saturated heterocycles. The maximum Gasteiger partial charge on any atom is 0.0234 e. The highest BCUT2D eigenvalue weighted by Gasteiger charge is 2.36. The third kappa shape index (κ3) is 3.32. The largest absolute Gasteiger partial charge is 0.300 e. The van der Waals surface area contributed by atoms with Crippen molar-refractivity contribution in [3.05, 3.63) is 46.5 Å². The molecule has 2 bridgehead atoms. The molecule has 1 aromatic rings. The minimum Gasteiger partial charge on any atom is -0.300 e. The fourth-order valence-corrected chi connectivity index (χ4v) is 4.68. The van der Waals surface area contributed by atoms with Crippen LogP contribution in [0, 0.1) is 17.8 Å². The maximum atomic E-state index is 3.51. The lowest BCUT2D eigenvalue weighted by Crippen LogP contribution is -2.47. The van der Waals surface area contributed by atoms with E-state index in [4.69, 9.17) is 0 Å². The van der Waals surface area contributed by atoms with Gasteiger partial charge < -0.3 is 4.90 Å². The summed E-state index contributed by atoms with van der Waals surface area (Å²) in [5.74, 6) is 2.74. The van der Waals surface area contributed by atoms with E-state index in [1.807, 2.05) is 0 Å². The second kappa shape index (κ2) is 6.46. The number of fused-ring (bicyclic) bond motifs is 2. The van der Waals surface area contributed by atoms with Gasteiger partial charge in [-0.25, -0.2) is 0 Å². The van der Waals surface area contributed by atoms with E-state index in [9.17, 15) is 0 Å². The lowest BCUT2D eigenvalue weighted by molar-refractivity contribution is 0.108. The van der Waals surface area contributed by atoms with Crippen molar-refractivity contribution in [1.82, 2.24) is 9.80 Å². The van der Waals surface area contributed by atoms with Gasteiger partial charge in [0.15, 0.2) is 0 Å². The van der Waals surface area contributed by atoms with Gasteiger partial charge in [0.25, 0.3) is 0 Å². The van der Waals surface area contributed by atoms with Crippen LogP contribution in [-0.4, -0.2) is 42.5 Å². The highest BCUT2D eigenvalue weighted by atomic mass is 79.9. The second-order valence-corrected chi connectivity index (χ2v) is 8.16. The average Bonchev–Trinajstić information content (AvgIpc) is 3.14. The predicted molar refractivity (Wildman–Crippen MR) is 94.7 cm³/mol. The van der Waals surface area contributed by atoms with E-state index in [0.717, 1.165) is 24.3 Å². The third-order valence-corrected chi connectivity index (χ3v) is 6.22. The molecule has 0 aromatic heterocycles. The molecule has 0 N–H and O–H groups in total. The summed E-state index contributed by atoms with van der Waals surface area (Å²) in [5.41, 5.74) is 1.43. The molecule has 0 amide bonds. The number of allylic oxidation sites excluding steroid dienone is 2. The first kappa shape index (κ1) is 14.9.